The van der Waals surface area contributed by atoms with Crippen molar-refractivity contribution in [3.05, 3.63) is 72.7 Å². The maximum absolute atomic E-state index is 12.9. The second kappa shape index (κ2) is 9.69. The molecule has 0 aliphatic heterocycles. The number of para-hydroxylation sites is 1. The van der Waals surface area contributed by atoms with Crippen molar-refractivity contribution in [3.8, 4) is 5.75 Å². The summed E-state index contributed by atoms with van der Waals surface area (Å²) in [5.74, 6) is -0.497. The minimum atomic E-state index is -1.09. The van der Waals surface area contributed by atoms with Crippen molar-refractivity contribution >= 4 is 44.7 Å². The predicted octanol–water partition coefficient (Wildman–Crippen LogP) is 3.59. The van der Waals surface area contributed by atoms with Crippen molar-refractivity contribution in [2.45, 2.75) is 26.9 Å². The second-order valence-corrected chi connectivity index (χ2v) is 7.56. The van der Waals surface area contributed by atoms with E-state index in [0.717, 1.165) is 4.68 Å². The Bertz CT molecular complexity index is 1290. The molecule has 166 valence electrons. The van der Waals surface area contributed by atoms with Gasteiger partial charge in [0.1, 0.15) is 5.82 Å². The Morgan fingerprint density at radius 3 is 2.81 bits per heavy atom. The van der Waals surface area contributed by atoms with Crippen LogP contribution in [0.2, 0.25) is 0 Å². The van der Waals surface area contributed by atoms with Gasteiger partial charge in [0.25, 0.3) is 5.56 Å². The molecule has 1 atom stereocenters. The number of hydrogen-bond donors (Lipinski definition) is 0. The molecular weight excluding hydrogens is 484 g/mol. The number of halogens is 1. The van der Waals surface area contributed by atoms with Gasteiger partial charge in [-0.3, -0.25) is 14.9 Å². The molecule has 11 heteroatoms. The van der Waals surface area contributed by atoms with Crippen LogP contribution in [-0.4, -0.2) is 39.5 Å². The number of hydrogen-bond acceptors (Lipinski definition) is 8. The monoisotopic (exact) mass is 502 g/mol. The van der Waals surface area contributed by atoms with Crippen LogP contribution in [0.1, 0.15) is 25.2 Å². The molecule has 2 aromatic carbocycles. The Kier molecular flexibility index (Phi) is 6.98. The van der Waals surface area contributed by atoms with Crippen molar-refractivity contribution in [3.63, 3.8) is 0 Å². The summed E-state index contributed by atoms with van der Waals surface area (Å²) in [5, 5.41) is 16.0. The van der Waals surface area contributed by atoms with E-state index in [9.17, 15) is 19.7 Å². The Balaban J connectivity index is 2.07. The zero-order valence-corrected chi connectivity index (χ0v) is 19.0. The summed E-state index contributed by atoms with van der Waals surface area (Å²) in [5.41, 5.74) is -0.0339. The standard InChI is InChI=1S/C21H19BrN4O6/c1-4-31-21(28)12(2)32-19-14(6-5-7-18(19)26(29)30)11-23-25-13(3)24-17-9-8-15(22)10-16(17)20(25)27/h5-12H,4H2,1-3H3/t12-/m1/s1. The fourth-order valence-electron chi connectivity index (χ4n) is 2.92. The number of fused-ring (bicyclic) bond motifs is 1. The molecule has 1 aromatic heterocycles. The zero-order chi connectivity index (χ0) is 23.4. The first kappa shape index (κ1) is 23.1. The van der Waals surface area contributed by atoms with Gasteiger partial charge in [0, 0.05) is 16.1 Å². The number of nitrogens with zero attached hydrogens (tertiary/aromatic N) is 4. The van der Waals surface area contributed by atoms with Crippen molar-refractivity contribution in [2.24, 2.45) is 5.10 Å². The maximum Gasteiger partial charge on any atom is 0.347 e. The quantitative estimate of drug-likeness (QED) is 0.209. The number of benzene rings is 2. The molecule has 1 heterocycles. The van der Waals surface area contributed by atoms with E-state index < -0.39 is 22.6 Å². The molecule has 0 amide bonds. The van der Waals surface area contributed by atoms with Crippen molar-refractivity contribution in [1.29, 1.82) is 0 Å². The molecule has 0 aliphatic rings. The molecule has 0 radical (unpaired) electrons. The van der Waals surface area contributed by atoms with Crippen LogP contribution in [0.5, 0.6) is 5.75 Å². The first-order valence-corrected chi connectivity index (χ1v) is 10.4. The fourth-order valence-corrected chi connectivity index (χ4v) is 3.28. The molecule has 0 spiro atoms. The first-order valence-electron chi connectivity index (χ1n) is 9.57. The molecule has 0 fully saturated rings. The van der Waals surface area contributed by atoms with Gasteiger partial charge in [-0.05, 0) is 45.0 Å². The van der Waals surface area contributed by atoms with Crippen LogP contribution >= 0.6 is 15.9 Å². The largest absolute Gasteiger partial charge is 0.471 e. The van der Waals surface area contributed by atoms with Gasteiger partial charge in [0.2, 0.25) is 5.75 Å². The predicted molar refractivity (Wildman–Crippen MR) is 121 cm³/mol. The molecular formula is C21H19BrN4O6. The van der Waals surface area contributed by atoms with Gasteiger partial charge in [-0.2, -0.15) is 9.78 Å². The van der Waals surface area contributed by atoms with Crippen LogP contribution in [0.15, 0.2) is 50.8 Å². The van der Waals surface area contributed by atoms with E-state index in [4.69, 9.17) is 9.47 Å². The third-order valence-electron chi connectivity index (χ3n) is 4.42. The van der Waals surface area contributed by atoms with Crippen molar-refractivity contribution in [1.82, 2.24) is 9.66 Å². The number of carbonyl (C=O) groups excluding carboxylic acids is 1. The van der Waals surface area contributed by atoms with Crippen LogP contribution in [0.4, 0.5) is 5.69 Å². The van der Waals surface area contributed by atoms with Crippen LogP contribution in [0.3, 0.4) is 0 Å². The molecule has 0 saturated carbocycles. The average molecular weight is 503 g/mol. The summed E-state index contributed by atoms with van der Waals surface area (Å²) in [6.07, 6.45) is 0.160. The normalized spacial score (nSPS) is 12.1. The summed E-state index contributed by atoms with van der Waals surface area (Å²) in [6.45, 7) is 4.83. The number of esters is 1. The highest BCUT2D eigenvalue weighted by molar-refractivity contribution is 9.10. The van der Waals surface area contributed by atoms with Crippen molar-refractivity contribution < 1.29 is 19.2 Å². The number of aromatic nitrogens is 2. The number of ether oxygens (including phenoxy) is 2. The van der Waals surface area contributed by atoms with Crippen LogP contribution in [-0.2, 0) is 9.53 Å². The van der Waals surface area contributed by atoms with E-state index in [0.29, 0.717) is 21.2 Å². The molecule has 0 N–H and O–H groups in total. The zero-order valence-electron chi connectivity index (χ0n) is 17.4. The van der Waals surface area contributed by atoms with Crippen LogP contribution in [0.25, 0.3) is 10.9 Å². The average Bonchev–Trinajstić information content (AvgIpc) is 2.75. The van der Waals surface area contributed by atoms with E-state index in [1.807, 2.05) is 0 Å². The lowest BCUT2D eigenvalue weighted by Crippen LogP contribution is -2.27. The Morgan fingerprint density at radius 1 is 1.38 bits per heavy atom. The maximum atomic E-state index is 12.9. The minimum absolute atomic E-state index is 0.144. The van der Waals surface area contributed by atoms with E-state index in [1.54, 1.807) is 32.0 Å². The molecule has 0 saturated heterocycles. The van der Waals surface area contributed by atoms with Gasteiger partial charge in [-0.15, -0.1) is 0 Å². The summed E-state index contributed by atoms with van der Waals surface area (Å²) in [6, 6.07) is 9.35. The van der Waals surface area contributed by atoms with Crippen molar-refractivity contribution in [2.75, 3.05) is 6.61 Å². The summed E-state index contributed by atoms with van der Waals surface area (Å²) >= 11 is 3.33. The molecule has 3 rings (SSSR count). The number of nitro benzene ring substituents is 1. The third kappa shape index (κ3) is 4.83. The Morgan fingerprint density at radius 2 is 2.12 bits per heavy atom. The molecule has 0 bridgehead atoms. The SMILES string of the molecule is CCOC(=O)[C@@H](C)Oc1c(C=Nn2c(C)nc3ccc(Br)cc3c2=O)cccc1[N+](=O)[O-]. The minimum Gasteiger partial charge on any atom is -0.471 e. The highest BCUT2D eigenvalue weighted by Gasteiger charge is 2.24. The van der Waals surface area contributed by atoms with Crippen LogP contribution in [0, 0.1) is 17.0 Å². The fraction of sp³-hybridized carbons (Fsp3) is 0.238. The van der Waals surface area contributed by atoms with E-state index in [2.05, 4.69) is 26.0 Å². The topological polar surface area (TPSA) is 126 Å². The number of rotatable bonds is 7. The highest BCUT2D eigenvalue weighted by atomic mass is 79.9. The highest BCUT2D eigenvalue weighted by Crippen LogP contribution is 2.31. The molecule has 3 aromatic rings. The lowest BCUT2D eigenvalue weighted by molar-refractivity contribution is -0.386. The van der Waals surface area contributed by atoms with Crippen LogP contribution < -0.4 is 10.3 Å². The summed E-state index contributed by atoms with van der Waals surface area (Å²) < 4.78 is 12.3. The molecule has 0 aliphatic carbocycles. The number of carbonyl (C=O) groups is 1. The van der Waals surface area contributed by atoms with E-state index in [1.165, 1.54) is 31.3 Å². The van der Waals surface area contributed by atoms with Gasteiger partial charge in [-0.25, -0.2) is 9.78 Å². The van der Waals surface area contributed by atoms with Gasteiger partial charge in [0.15, 0.2) is 6.10 Å². The first-order chi connectivity index (χ1) is 15.2. The number of aryl methyl sites for hydroxylation is 1. The Hall–Kier alpha value is -3.60. The third-order valence-corrected chi connectivity index (χ3v) is 4.91. The lowest BCUT2D eigenvalue weighted by Gasteiger charge is -2.15. The second-order valence-electron chi connectivity index (χ2n) is 6.65. The van der Waals surface area contributed by atoms with E-state index in [-0.39, 0.29) is 23.6 Å². The Labute approximate surface area is 190 Å². The van der Waals surface area contributed by atoms with Gasteiger partial charge in [0.05, 0.1) is 28.6 Å². The summed E-state index contributed by atoms with van der Waals surface area (Å²) in [7, 11) is 0. The van der Waals surface area contributed by atoms with E-state index >= 15 is 0 Å². The molecule has 32 heavy (non-hydrogen) atoms. The summed E-state index contributed by atoms with van der Waals surface area (Å²) in [4.78, 5) is 40.1. The van der Waals surface area contributed by atoms with Gasteiger partial charge >= 0.3 is 11.7 Å². The molecule has 0 unspecified atom stereocenters. The molecule has 10 nitrogen and oxygen atoms in total. The van der Waals surface area contributed by atoms with Gasteiger partial charge < -0.3 is 9.47 Å². The lowest BCUT2D eigenvalue weighted by atomic mass is 10.2. The van der Waals surface area contributed by atoms with Gasteiger partial charge in [-0.1, -0.05) is 22.0 Å². The number of nitro groups is 1. The smallest absolute Gasteiger partial charge is 0.347 e.